The molecule has 0 saturated carbocycles. The third kappa shape index (κ3) is 5.12. The Labute approximate surface area is 130 Å². The van der Waals surface area contributed by atoms with Gasteiger partial charge in [0.05, 0.1) is 6.04 Å². The first kappa shape index (κ1) is 15.9. The molecule has 0 fully saturated rings. The van der Waals surface area contributed by atoms with Crippen molar-refractivity contribution in [3.63, 3.8) is 0 Å². The van der Waals surface area contributed by atoms with Crippen molar-refractivity contribution in [3.8, 4) is 0 Å². The average Bonchev–Trinajstić information content (AvgIpc) is 2.94. The highest BCUT2D eigenvalue weighted by molar-refractivity contribution is 5.74. The minimum Gasteiger partial charge on any atom is -0.464 e. The van der Waals surface area contributed by atoms with Crippen LogP contribution in [0, 0.1) is 6.92 Å². The number of urea groups is 1. The number of aryl methyl sites for hydroxylation is 1. The SMILES string of the molecule is Cc1ccc([C@@H](C)NC(=O)NCCCNc2ccccn2)o1. The molecule has 3 N–H and O–H groups in total. The van der Waals surface area contributed by atoms with Crippen LogP contribution < -0.4 is 16.0 Å². The predicted molar refractivity (Wildman–Crippen MR) is 85.7 cm³/mol. The molecular formula is C16H22N4O2. The number of aromatic nitrogens is 1. The molecule has 0 spiro atoms. The largest absolute Gasteiger partial charge is 0.464 e. The lowest BCUT2D eigenvalue weighted by Crippen LogP contribution is -2.37. The molecule has 0 radical (unpaired) electrons. The zero-order chi connectivity index (χ0) is 15.8. The Morgan fingerprint density at radius 1 is 1.27 bits per heavy atom. The van der Waals surface area contributed by atoms with Gasteiger partial charge in [-0.1, -0.05) is 6.07 Å². The van der Waals surface area contributed by atoms with Crippen molar-refractivity contribution in [2.45, 2.75) is 26.3 Å². The van der Waals surface area contributed by atoms with Crippen LogP contribution in [0.25, 0.3) is 0 Å². The zero-order valence-electron chi connectivity index (χ0n) is 12.9. The normalized spacial score (nSPS) is 11.7. The molecule has 0 aliphatic heterocycles. The van der Waals surface area contributed by atoms with Gasteiger partial charge in [0, 0.05) is 19.3 Å². The lowest BCUT2D eigenvalue weighted by atomic mass is 10.2. The number of pyridine rings is 1. The van der Waals surface area contributed by atoms with Gasteiger partial charge in [-0.3, -0.25) is 0 Å². The first-order chi connectivity index (χ1) is 10.6. The lowest BCUT2D eigenvalue weighted by molar-refractivity contribution is 0.236. The van der Waals surface area contributed by atoms with Gasteiger partial charge in [0.2, 0.25) is 0 Å². The maximum Gasteiger partial charge on any atom is 0.315 e. The van der Waals surface area contributed by atoms with Gasteiger partial charge in [-0.15, -0.1) is 0 Å². The van der Waals surface area contributed by atoms with E-state index in [1.54, 1.807) is 6.20 Å². The highest BCUT2D eigenvalue weighted by atomic mass is 16.3. The van der Waals surface area contributed by atoms with Crippen LogP contribution >= 0.6 is 0 Å². The Bertz CT molecular complexity index is 583. The second-order valence-corrected chi connectivity index (χ2v) is 5.07. The van der Waals surface area contributed by atoms with Crippen molar-refractivity contribution in [2.24, 2.45) is 0 Å². The third-order valence-corrected chi connectivity index (χ3v) is 3.15. The summed E-state index contributed by atoms with van der Waals surface area (Å²) in [6.45, 7) is 5.12. The number of anilines is 1. The summed E-state index contributed by atoms with van der Waals surface area (Å²) in [6.07, 6.45) is 2.56. The van der Waals surface area contributed by atoms with Crippen LogP contribution in [0.2, 0.25) is 0 Å². The number of carbonyl (C=O) groups excluding carboxylic acids is 1. The van der Waals surface area contributed by atoms with E-state index in [2.05, 4.69) is 20.9 Å². The smallest absolute Gasteiger partial charge is 0.315 e. The van der Waals surface area contributed by atoms with Crippen molar-refractivity contribution in [1.82, 2.24) is 15.6 Å². The van der Waals surface area contributed by atoms with E-state index in [1.807, 2.05) is 44.2 Å². The molecule has 6 nitrogen and oxygen atoms in total. The Morgan fingerprint density at radius 3 is 2.82 bits per heavy atom. The summed E-state index contributed by atoms with van der Waals surface area (Å²) in [7, 11) is 0. The van der Waals surface area contributed by atoms with Gasteiger partial charge in [-0.2, -0.15) is 0 Å². The number of rotatable bonds is 7. The van der Waals surface area contributed by atoms with Crippen molar-refractivity contribution in [2.75, 3.05) is 18.4 Å². The van der Waals surface area contributed by atoms with E-state index in [0.29, 0.717) is 6.54 Å². The second kappa shape index (κ2) is 8.07. The van der Waals surface area contributed by atoms with Crippen LogP contribution in [-0.4, -0.2) is 24.1 Å². The van der Waals surface area contributed by atoms with Gasteiger partial charge in [0.15, 0.2) is 0 Å². The Morgan fingerprint density at radius 2 is 2.14 bits per heavy atom. The van der Waals surface area contributed by atoms with Crippen LogP contribution in [-0.2, 0) is 0 Å². The molecule has 0 aliphatic carbocycles. The van der Waals surface area contributed by atoms with E-state index in [1.165, 1.54) is 0 Å². The number of hydrogen-bond donors (Lipinski definition) is 3. The Hall–Kier alpha value is -2.50. The Kier molecular flexibility index (Phi) is 5.82. The van der Waals surface area contributed by atoms with E-state index in [4.69, 9.17) is 4.42 Å². The highest BCUT2D eigenvalue weighted by Crippen LogP contribution is 2.15. The highest BCUT2D eigenvalue weighted by Gasteiger charge is 2.11. The fourth-order valence-corrected chi connectivity index (χ4v) is 1.98. The molecule has 0 saturated heterocycles. The lowest BCUT2D eigenvalue weighted by Gasteiger charge is -2.12. The summed E-state index contributed by atoms with van der Waals surface area (Å²) < 4.78 is 5.48. The molecule has 0 aliphatic rings. The molecule has 2 aromatic rings. The maximum absolute atomic E-state index is 11.8. The summed E-state index contributed by atoms with van der Waals surface area (Å²) in [5.41, 5.74) is 0. The maximum atomic E-state index is 11.8. The van der Waals surface area contributed by atoms with Crippen molar-refractivity contribution in [3.05, 3.63) is 48.0 Å². The fourth-order valence-electron chi connectivity index (χ4n) is 1.98. The van der Waals surface area contributed by atoms with Crippen molar-refractivity contribution < 1.29 is 9.21 Å². The minimum atomic E-state index is -0.195. The number of nitrogens with one attached hydrogen (secondary N) is 3. The summed E-state index contributed by atoms with van der Waals surface area (Å²) in [5.74, 6) is 2.43. The van der Waals surface area contributed by atoms with E-state index >= 15 is 0 Å². The first-order valence-corrected chi connectivity index (χ1v) is 7.41. The fraction of sp³-hybridized carbons (Fsp3) is 0.375. The second-order valence-electron chi connectivity index (χ2n) is 5.07. The predicted octanol–water partition coefficient (Wildman–Crippen LogP) is 2.85. The molecule has 22 heavy (non-hydrogen) atoms. The van der Waals surface area contributed by atoms with Gasteiger partial charge >= 0.3 is 6.03 Å². The molecule has 2 rings (SSSR count). The number of furan rings is 1. The monoisotopic (exact) mass is 302 g/mol. The topological polar surface area (TPSA) is 79.2 Å². The quantitative estimate of drug-likeness (QED) is 0.687. The van der Waals surface area contributed by atoms with E-state index in [0.717, 1.165) is 30.3 Å². The van der Waals surface area contributed by atoms with Gasteiger partial charge in [0.1, 0.15) is 17.3 Å². The minimum absolute atomic E-state index is 0.152. The van der Waals surface area contributed by atoms with Crippen LogP contribution in [0.5, 0.6) is 0 Å². The van der Waals surface area contributed by atoms with E-state index < -0.39 is 0 Å². The number of nitrogens with zero attached hydrogens (tertiary/aromatic N) is 1. The van der Waals surface area contributed by atoms with Gasteiger partial charge < -0.3 is 20.4 Å². The average molecular weight is 302 g/mol. The standard InChI is InChI=1S/C16H22N4O2/c1-12-7-8-14(22-12)13(2)20-16(21)19-11-5-10-18-15-6-3-4-9-17-15/h3-4,6-9,13H,5,10-11H2,1-2H3,(H,17,18)(H2,19,20,21)/t13-/m1/s1. The molecule has 2 amide bonds. The van der Waals surface area contributed by atoms with Crippen molar-refractivity contribution in [1.29, 1.82) is 0 Å². The van der Waals surface area contributed by atoms with Crippen molar-refractivity contribution >= 4 is 11.8 Å². The van der Waals surface area contributed by atoms with Crippen LogP contribution in [0.15, 0.2) is 40.9 Å². The molecule has 0 aromatic carbocycles. The van der Waals surface area contributed by atoms with E-state index in [9.17, 15) is 4.79 Å². The number of carbonyl (C=O) groups is 1. The van der Waals surface area contributed by atoms with Gasteiger partial charge in [-0.05, 0) is 44.5 Å². The Balaban J connectivity index is 1.59. The number of amides is 2. The first-order valence-electron chi connectivity index (χ1n) is 7.41. The summed E-state index contributed by atoms with van der Waals surface area (Å²) in [4.78, 5) is 15.9. The molecule has 2 aromatic heterocycles. The molecule has 1 atom stereocenters. The van der Waals surface area contributed by atoms with Gasteiger partial charge in [0.25, 0.3) is 0 Å². The molecule has 118 valence electrons. The molecule has 6 heteroatoms. The summed E-state index contributed by atoms with van der Waals surface area (Å²) in [5, 5.41) is 8.86. The molecule has 0 unspecified atom stereocenters. The van der Waals surface area contributed by atoms with Crippen LogP contribution in [0.4, 0.5) is 10.6 Å². The number of hydrogen-bond acceptors (Lipinski definition) is 4. The van der Waals surface area contributed by atoms with Crippen LogP contribution in [0.3, 0.4) is 0 Å². The summed E-state index contributed by atoms with van der Waals surface area (Å²) in [6, 6.07) is 9.12. The molecular weight excluding hydrogens is 280 g/mol. The summed E-state index contributed by atoms with van der Waals surface area (Å²) >= 11 is 0. The molecule has 2 heterocycles. The van der Waals surface area contributed by atoms with E-state index in [-0.39, 0.29) is 12.1 Å². The van der Waals surface area contributed by atoms with Crippen LogP contribution in [0.1, 0.15) is 30.9 Å². The zero-order valence-corrected chi connectivity index (χ0v) is 12.9. The van der Waals surface area contributed by atoms with Gasteiger partial charge in [-0.25, -0.2) is 9.78 Å². The third-order valence-electron chi connectivity index (χ3n) is 3.15. The molecule has 0 bridgehead atoms.